The van der Waals surface area contributed by atoms with Gasteiger partial charge in [0.15, 0.2) is 17.3 Å². The van der Waals surface area contributed by atoms with Crippen LogP contribution in [0.5, 0.6) is 11.5 Å². The summed E-state index contributed by atoms with van der Waals surface area (Å²) in [5, 5.41) is 13.7. The zero-order chi connectivity index (χ0) is 22.3. The number of nitrogens with zero attached hydrogens (tertiary/aromatic N) is 1. The van der Waals surface area contributed by atoms with Crippen molar-refractivity contribution < 1.29 is 19.4 Å². The third-order valence-electron chi connectivity index (χ3n) is 5.84. The average molecular weight is 421 g/mol. The Morgan fingerprint density at radius 3 is 2.68 bits per heavy atom. The van der Waals surface area contributed by atoms with E-state index in [9.17, 15) is 14.7 Å². The molecule has 0 saturated heterocycles. The Labute approximate surface area is 182 Å². The van der Waals surface area contributed by atoms with Gasteiger partial charge in [-0.2, -0.15) is 0 Å². The number of hydrogen-bond acceptors (Lipinski definition) is 5. The van der Waals surface area contributed by atoms with Crippen LogP contribution in [0.2, 0.25) is 0 Å². The molecule has 1 aliphatic heterocycles. The minimum Gasteiger partial charge on any atom is -0.504 e. The van der Waals surface area contributed by atoms with Crippen molar-refractivity contribution in [1.29, 1.82) is 0 Å². The molecule has 0 saturated carbocycles. The Kier molecular flexibility index (Phi) is 5.25. The number of para-hydroxylation sites is 2. The minimum absolute atomic E-state index is 0.0221. The fourth-order valence-electron chi connectivity index (χ4n) is 4.62. The lowest BCUT2D eigenvalue weighted by molar-refractivity contribution is -0.118. The zero-order valence-corrected chi connectivity index (χ0v) is 18.4. The van der Waals surface area contributed by atoms with Gasteiger partial charge in [-0.05, 0) is 48.6 Å². The molecule has 2 aromatic carbocycles. The lowest BCUT2D eigenvalue weighted by Crippen LogP contribution is -2.38. The number of ketones is 1. The van der Waals surface area contributed by atoms with Gasteiger partial charge in [-0.3, -0.25) is 14.5 Å². The van der Waals surface area contributed by atoms with Crippen LogP contribution in [0, 0.1) is 5.41 Å². The van der Waals surface area contributed by atoms with Crippen molar-refractivity contribution in [3.8, 4) is 11.5 Å². The van der Waals surface area contributed by atoms with Gasteiger partial charge in [0.1, 0.15) is 0 Å². The molecule has 1 heterocycles. The maximum Gasteiger partial charge on any atom is 0.224 e. The van der Waals surface area contributed by atoms with Crippen LogP contribution in [0.25, 0.3) is 0 Å². The van der Waals surface area contributed by atoms with Crippen molar-refractivity contribution in [2.75, 3.05) is 16.8 Å². The summed E-state index contributed by atoms with van der Waals surface area (Å²) >= 11 is 0. The van der Waals surface area contributed by atoms with E-state index in [1.165, 1.54) is 6.92 Å². The molecule has 0 spiro atoms. The van der Waals surface area contributed by atoms with Crippen LogP contribution in [-0.4, -0.2) is 23.4 Å². The summed E-state index contributed by atoms with van der Waals surface area (Å²) < 4.78 is 5.59. The first-order valence-corrected chi connectivity index (χ1v) is 10.6. The maximum absolute atomic E-state index is 13.5. The monoisotopic (exact) mass is 420 g/mol. The number of amides is 1. The summed E-state index contributed by atoms with van der Waals surface area (Å²) in [7, 11) is 0. The number of ether oxygens (including phenoxy) is 1. The van der Waals surface area contributed by atoms with Gasteiger partial charge in [-0.1, -0.05) is 32.0 Å². The van der Waals surface area contributed by atoms with E-state index in [2.05, 4.69) is 19.2 Å². The highest BCUT2D eigenvalue weighted by Gasteiger charge is 2.42. The Bertz CT molecular complexity index is 1090. The third-order valence-corrected chi connectivity index (χ3v) is 5.84. The van der Waals surface area contributed by atoms with E-state index in [0.29, 0.717) is 36.5 Å². The molecule has 2 N–H and O–H groups in total. The number of carbonyl (C=O) groups is 2. The Hall–Kier alpha value is -3.28. The lowest BCUT2D eigenvalue weighted by Gasteiger charge is -2.37. The number of benzene rings is 2. The molecule has 1 aliphatic carbocycles. The molecule has 0 aromatic heterocycles. The van der Waals surface area contributed by atoms with Crippen molar-refractivity contribution in [2.45, 2.75) is 46.6 Å². The predicted octanol–water partition coefficient (Wildman–Crippen LogP) is 4.95. The molecule has 162 valence electrons. The van der Waals surface area contributed by atoms with Crippen LogP contribution >= 0.6 is 0 Å². The van der Waals surface area contributed by atoms with Crippen LogP contribution < -0.4 is 15.0 Å². The topological polar surface area (TPSA) is 78.9 Å². The Balaban J connectivity index is 1.99. The first-order chi connectivity index (χ1) is 14.7. The summed E-state index contributed by atoms with van der Waals surface area (Å²) in [5.41, 5.74) is 3.48. The molecule has 1 amide bonds. The largest absolute Gasteiger partial charge is 0.504 e. The van der Waals surface area contributed by atoms with Crippen LogP contribution in [0.15, 0.2) is 53.7 Å². The summed E-state index contributed by atoms with van der Waals surface area (Å²) in [5.74, 6) is 0.211. The number of Topliss-reactive ketones (excluding diaryl/α,β-unsaturated/α-hetero) is 1. The Morgan fingerprint density at radius 2 is 1.97 bits per heavy atom. The molecule has 31 heavy (non-hydrogen) atoms. The van der Waals surface area contributed by atoms with Crippen molar-refractivity contribution in [2.24, 2.45) is 5.41 Å². The quantitative estimate of drug-likeness (QED) is 0.734. The molecule has 1 atom stereocenters. The Morgan fingerprint density at radius 1 is 1.23 bits per heavy atom. The highest BCUT2D eigenvalue weighted by molar-refractivity contribution is 6.05. The van der Waals surface area contributed by atoms with E-state index in [1.54, 1.807) is 23.1 Å². The zero-order valence-electron chi connectivity index (χ0n) is 18.4. The van der Waals surface area contributed by atoms with Gasteiger partial charge in [0.05, 0.1) is 24.0 Å². The highest BCUT2D eigenvalue weighted by atomic mass is 16.5. The molecule has 0 radical (unpaired) electrons. The second kappa shape index (κ2) is 7.76. The van der Waals surface area contributed by atoms with Crippen LogP contribution in [0.1, 0.15) is 52.1 Å². The van der Waals surface area contributed by atoms with E-state index >= 15 is 0 Å². The number of aromatic hydroxyl groups is 1. The molecular formula is C25H28N2O4. The molecular weight excluding hydrogens is 392 g/mol. The van der Waals surface area contributed by atoms with E-state index in [4.69, 9.17) is 4.74 Å². The van der Waals surface area contributed by atoms with Gasteiger partial charge in [0.25, 0.3) is 0 Å². The normalized spacial score (nSPS) is 19.8. The summed E-state index contributed by atoms with van der Waals surface area (Å²) in [6, 6.07) is 12.0. The van der Waals surface area contributed by atoms with Gasteiger partial charge in [-0.15, -0.1) is 0 Å². The number of phenolic OH excluding ortho intramolecular Hbond substituents is 1. The highest BCUT2D eigenvalue weighted by Crippen LogP contribution is 2.49. The van der Waals surface area contributed by atoms with Gasteiger partial charge in [0, 0.05) is 24.6 Å². The first-order valence-electron chi connectivity index (χ1n) is 10.6. The van der Waals surface area contributed by atoms with Crippen molar-refractivity contribution in [1.82, 2.24) is 0 Å². The van der Waals surface area contributed by atoms with Gasteiger partial charge in [-0.25, -0.2) is 0 Å². The first kappa shape index (κ1) is 21.0. The van der Waals surface area contributed by atoms with Crippen LogP contribution in [0.3, 0.4) is 0 Å². The molecule has 2 aliphatic rings. The second-order valence-corrected chi connectivity index (χ2v) is 8.93. The van der Waals surface area contributed by atoms with E-state index in [-0.39, 0.29) is 22.9 Å². The number of rotatable bonds is 3. The molecule has 0 unspecified atom stereocenters. The number of nitrogens with one attached hydrogen (secondary N) is 1. The fraction of sp³-hybridized carbons (Fsp3) is 0.360. The minimum atomic E-state index is -0.618. The summed E-state index contributed by atoms with van der Waals surface area (Å²) in [6.45, 7) is 7.91. The fourth-order valence-corrected chi connectivity index (χ4v) is 4.62. The van der Waals surface area contributed by atoms with Crippen LogP contribution in [-0.2, 0) is 9.59 Å². The van der Waals surface area contributed by atoms with Gasteiger partial charge >= 0.3 is 0 Å². The second-order valence-electron chi connectivity index (χ2n) is 8.93. The number of carbonyl (C=O) groups excluding carboxylic acids is 2. The number of allylic oxidation sites excluding steroid dienone is 1. The summed E-state index contributed by atoms with van der Waals surface area (Å²) in [6.07, 6.45) is 1.10. The van der Waals surface area contributed by atoms with E-state index in [1.807, 2.05) is 31.2 Å². The van der Waals surface area contributed by atoms with Crippen LogP contribution in [0.4, 0.5) is 11.4 Å². The third kappa shape index (κ3) is 3.78. The SMILES string of the molecule is CCOc1cc([C@H]2C3=C(CC(C)(C)CC3=O)Nc3ccccc3N2C(C)=O)ccc1O. The van der Waals surface area contributed by atoms with Crippen molar-refractivity contribution in [3.05, 3.63) is 59.3 Å². The predicted molar refractivity (Wildman–Crippen MR) is 120 cm³/mol. The number of anilines is 2. The van der Waals surface area contributed by atoms with E-state index in [0.717, 1.165) is 16.9 Å². The standard InChI is InChI=1S/C25H28N2O4/c1-5-31-22-12-16(10-11-20(22)29)24-23-18(13-25(3,4)14-21(23)30)26-17-8-6-7-9-19(17)27(24)15(2)28/h6-12,24,26,29H,5,13-14H2,1-4H3/t24-/m0/s1. The molecule has 2 aromatic rings. The molecule has 6 nitrogen and oxygen atoms in total. The molecule has 6 heteroatoms. The number of hydrogen-bond donors (Lipinski definition) is 2. The van der Waals surface area contributed by atoms with Crippen molar-refractivity contribution in [3.63, 3.8) is 0 Å². The number of phenols is 1. The smallest absolute Gasteiger partial charge is 0.224 e. The molecule has 0 fully saturated rings. The van der Waals surface area contributed by atoms with E-state index < -0.39 is 6.04 Å². The van der Waals surface area contributed by atoms with Crippen molar-refractivity contribution >= 4 is 23.1 Å². The number of fused-ring (bicyclic) bond motifs is 1. The lowest BCUT2D eigenvalue weighted by atomic mass is 9.73. The maximum atomic E-state index is 13.5. The summed E-state index contributed by atoms with van der Waals surface area (Å²) in [4.78, 5) is 28.1. The molecule has 4 rings (SSSR count). The molecule has 0 bridgehead atoms. The average Bonchev–Trinajstić information content (AvgIpc) is 2.83. The van der Waals surface area contributed by atoms with Gasteiger partial charge in [0.2, 0.25) is 5.91 Å². The van der Waals surface area contributed by atoms with Gasteiger partial charge < -0.3 is 15.2 Å².